The summed E-state index contributed by atoms with van der Waals surface area (Å²) in [5, 5.41) is 30.0. The Hall–Kier alpha value is -0.160. The van der Waals surface area contributed by atoms with Crippen molar-refractivity contribution in [2.75, 3.05) is 6.54 Å². The van der Waals surface area contributed by atoms with Gasteiger partial charge in [-0.2, -0.15) is 0 Å². The van der Waals surface area contributed by atoms with Crippen LogP contribution in [0.15, 0.2) is 0 Å². The molecule has 4 nitrogen and oxygen atoms in total. The van der Waals surface area contributed by atoms with Gasteiger partial charge >= 0.3 is 0 Å². The molecule has 0 saturated carbocycles. The van der Waals surface area contributed by atoms with Gasteiger partial charge in [-0.3, -0.25) is 0 Å². The maximum absolute atomic E-state index is 9.16. The molecule has 4 atom stereocenters. The molecule has 0 aromatic carbocycles. The van der Waals surface area contributed by atoms with Crippen molar-refractivity contribution in [3.8, 4) is 0 Å². The lowest BCUT2D eigenvalue weighted by atomic mass is 10.1. The van der Waals surface area contributed by atoms with E-state index in [4.69, 9.17) is 15.3 Å². The van der Waals surface area contributed by atoms with E-state index in [2.05, 4.69) is 5.32 Å². The van der Waals surface area contributed by atoms with Crippen molar-refractivity contribution < 1.29 is 15.3 Å². The van der Waals surface area contributed by atoms with Gasteiger partial charge in [-0.1, -0.05) is 0 Å². The minimum atomic E-state index is -0.833. The van der Waals surface area contributed by atoms with Gasteiger partial charge in [0.25, 0.3) is 0 Å². The molecule has 0 aromatic rings. The smallest absolute Gasteiger partial charge is 0.0989 e. The Morgan fingerprint density at radius 2 is 2.10 bits per heavy atom. The molecule has 0 aliphatic carbocycles. The molecule has 0 amide bonds. The van der Waals surface area contributed by atoms with E-state index < -0.39 is 18.3 Å². The maximum Gasteiger partial charge on any atom is 0.0989 e. The minimum Gasteiger partial charge on any atom is -0.392 e. The molecule has 1 fully saturated rings. The predicted molar refractivity (Wildman–Crippen MR) is 35.5 cm³/mol. The minimum absolute atomic E-state index is 0.358. The molecule has 1 rings (SSSR count). The first kappa shape index (κ1) is 7.94. The summed E-state index contributed by atoms with van der Waals surface area (Å²) >= 11 is 0. The van der Waals surface area contributed by atoms with Crippen LogP contribution in [0.1, 0.15) is 6.92 Å². The van der Waals surface area contributed by atoms with Crippen LogP contribution in [0, 0.1) is 0 Å². The second-order valence-electron chi connectivity index (χ2n) is 2.73. The summed E-state index contributed by atoms with van der Waals surface area (Å²) in [4.78, 5) is 0. The van der Waals surface area contributed by atoms with E-state index in [1.807, 2.05) is 0 Å². The molecule has 1 saturated heterocycles. The van der Waals surface area contributed by atoms with Gasteiger partial charge in [0.15, 0.2) is 0 Å². The largest absolute Gasteiger partial charge is 0.392 e. The van der Waals surface area contributed by atoms with Crippen molar-refractivity contribution in [3.63, 3.8) is 0 Å². The maximum atomic E-state index is 9.16. The van der Waals surface area contributed by atoms with Crippen LogP contribution in [-0.4, -0.2) is 46.2 Å². The lowest BCUT2D eigenvalue weighted by molar-refractivity contribution is 0.0114. The summed E-state index contributed by atoms with van der Waals surface area (Å²) in [6.45, 7) is 1.94. The van der Waals surface area contributed by atoms with E-state index in [-0.39, 0.29) is 6.04 Å². The van der Waals surface area contributed by atoms with Crippen LogP contribution < -0.4 is 5.32 Å². The second-order valence-corrected chi connectivity index (χ2v) is 2.73. The zero-order valence-corrected chi connectivity index (χ0v) is 5.86. The highest BCUT2D eigenvalue weighted by Gasteiger charge is 2.35. The molecule has 0 radical (unpaired) electrons. The summed E-state index contributed by atoms with van der Waals surface area (Å²) in [7, 11) is 0. The Balaban J connectivity index is 2.49. The lowest BCUT2D eigenvalue weighted by Gasteiger charge is -2.18. The summed E-state index contributed by atoms with van der Waals surface area (Å²) < 4.78 is 0. The first-order chi connectivity index (χ1) is 4.63. The number of hydrogen-bond donors (Lipinski definition) is 4. The molecule has 4 N–H and O–H groups in total. The van der Waals surface area contributed by atoms with Crippen molar-refractivity contribution in [2.45, 2.75) is 31.3 Å². The molecule has 10 heavy (non-hydrogen) atoms. The van der Waals surface area contributed by atoms with Crippen LogP contribution in [0.25, 0.3) is 0 Å². The van der Waals surface area contributed by atoms with Crippen molar-refractivity contribution >= 4 is 0 Å². The molecule has 1 aliphatic rings. The van der Waals surface area contributed by atoms with Gasteiger partial charge in [0.2, 0.25) is 0 Å². The Morgan fingerprint density at radius 1 is 1.50 bits per heavy atom. The third-order valence-corrected chi connectivity index (χ3v) is 1.84. The van der Waals surface area contributed by atoms with Crippen molar-refractivity contribution in [3.05, 3.63) is 0 Å². The van der Waals surface area contributed by atoms with Crippen LogP contribution >= 0.6 is 0 Å². The van der Waals surface area contributed by atoms with E-state index in [9.17, 15) is 0 Å². The molecule has 60 valence electrons. The zero-order valence-electron chi connectivity index (χ0n) is 5.86. The van der Waals surface area contributed by atoms with E-state index in [1.54, 1.807) is 6.92 Å². The highest BCUT2D eigenvalue weighted by atomic mass is 16.3. The van der Waals surface area contributed by atoms with Gasteiger partial charge < -0.3 is 20.6 Å². The number of aliphatic hydroxyl groups is 3. The second kappa shape index (κ2) is 2.84. The van der Waals surface area contributed by atoms with Crippen LogP contribution in [0.2, 0.25) is 0 Å². The summed E-state index contributed by atoms with van der Waals surface area (Å²) in [6.07, 6.45) is -2.19. The Kier molecular flexibility index (Phi) is 2.25. The molecule has 0 spiro atoms. The highest BCUT2D eigenvalue weighted by molar-refractivity contribution is 4.92. The predicted octanol–water partition coefficient (Wildman–Crippen LogP) is -1.94. The number of rotatable bonds is 1. The number of β-amino-alcohol motifs (C(OH)–C–C–N with tert-alkyl or cyclic N) is 1. The fourth-order valence-corrected chi connectivity index (χ4v) is 1.19. The number of aliphatic hydroxyl groups excluding tert-OH is 3. The third kappa shape index (κ3) is 1.29. The molecule has 1 aliphatic heterocycles. The molecular weight excluding hydrogens is 134 g/mol. The quantitative estimate of drug-likeness (QED) is 0.348. The molecule has 0 aromatic heterocycles. The van der Waals surface area contributed by atoms with Crippen molar-refractivity contribution in [2.24, 2.45) is 0 Å². The van der Waals surface area contributed by atoms with E-state index in [0.717, 1.165) is 0 Å². The zero-order chi connectivity index (χ0) is 7.72. The van der Waals surface area contributed by atoms with E-state index in [0.29, 0.717) is 6.54 Å². The molecule has 0 bridgehead atoms. The van der Waals surface area contributed by atoms with Crippen LogP contribution in [-0.2, 0) is 0 Å². The Labute approximate surface area is 59.5 Å². The monoisotopic (exact) mass is 147 g/mol. The van der Waals surface area contributed by atoms with Crippen molar-refractivity contribution in [1.82, 2.24) is 5.32 Å². The average molecular weight is 147 g/mol. The topological polar surface area (TPSA) is 72.7 Å². The number of nitrogens with one attached hydrogen (secondary N) is 1. The summed E-state index contributed by atoms with van der Waals surface area (Å²) in [5.74, 6) is 0. The lowest BCUT2D eigenvalue weighted by Crippen LogP contribution is -2.41. The molecule has 4 heteroatoms. The average Bonchev–Trinajstić information content (AvgIpc) is 2.14. The van der Waals surface area contributed by atoms with Crippen LogP contribution in [0.5, 0.6) is 0 Å². The summed E-state index contributed by atoms with van der Waals surface area (Å²) in [5.41, 5.74) is 0. The van der Waals surface area contributed by atoms with Gasteiger partial charge in [-0.25, -0.2) is 0 Å². The Morgan fingerprint density at radius 3 is 2.30 bits per heavy atom. The standard InChI is InChI=1S/C6H13NO3/c1-3(8)5-6(10)4(9)2-7-5/h3-10H,2H2,1H3/t3-,4-,5+,6+/m1/s1. The van der Waals surface area contributed by atoms with Gasteiger partial charge in [0.05, 0.1) is 24.4 Å². The first-order valence-electron chi connectivity index (χ1n) is 3.40. The summed E-state index contributed by atoms with van der Waals surface area (Å²) in [6, 6.07) is -0.380. The van der Waals surface area contributed by atoms with Crippen LogP contribution in [0.3, 0.4) is 0 Å². The normalized spacial score (nSPS) is 43.8. The van der Waals surface area contributed by atoms with Gasteiger partial charge in [0.1, 0.15) is 0 Å². The van der Waals surface area contributed by atoms with Gasteiger partial charge in [-0.15, -0.1) is 0 Å². The molecular formula is C6H13NO3. The van der Waals surface area contributed by atoms with Crippen LogP contribution in [0.4, 0.5) is 0 Å². The Bertz CT molecular complexity index is 118. The fourth-order valence-electron chi connectivity index (χ4n) is 1.19. The first-order valence-corrected chi connectivity index (χ1v) is 3.40. The molecule has 1 heterocycles. The van der Waals surface area contributed by atoms with E-state index >= 15 is 0 Å². The molecule has 0 unspecified atom stereocenters. The highest BCUT2D eigenvalue weighted by Crippen LogP contribution is 2.10. The van der Waals surface area contributed by atoms with E-state index in [1.165, 1.54) is 0 Å². The fraction of sp³-hybridized carbons (Fsp3) is 1.00. The van der Waals surface area contributed by atoms with Crippen molar-refractivity contribution in [1.29, 1.82) is 0 Å². The number of hydrogen-bond acceptors (Lipinski definition) is 4. The van der Waals surface area contributed by atoms with Gasteiger partial charge in [0, 0.05) is 6.54 Å². The van der Waals surface area contributed by atoms with Gasteiger partial charge in [-0.05, 0) is 6.92 Å². The SMILES string of the molecule is C[C@@H](O)[C@@H]1NC[C@@H](O)[C@@H]1O. The third-order valence-electron chi connectivity index (χ3n) is 1.84.